The average Bonchev–Trinajstić information content (AvgIpc) is 2.24. The smallest absolute Gasteiger partial charge is 0.323 e. The molecule has 2 unspecified atom stereocenters. The second-order valence-corrected chi connectivity index (χ2v) is 6.56. The quantitative estimate of drug-likeness (QED) is 0.731. The van der Waals surface area contributed by atoms with Crippen molar-refractivity contribution >= 4 is 15.8 Å². The van der Waals surface area contributed by atoms with Gasteiger partial charge < -0.3 is 10.1 Å². The maximum Gasteiger partial charge on any atom is 0.323 e. The van der Waals surface area contributed by atoms with E-state index in [1.165, 1.54) is 0 Å². The molecule has 0 aromatic rings. The summed E-state index contributed by atoms with van der Waals surface area (Å²) in [6.45, 7) is 3.99. The van der Waals surface area contributed by atoms with Crippen LogP contribution >= 0.6 is 0 Å². The van der Waals surface area contributed by atoms with E-state index in [-0.39, 0.29) is 23.5 Å². The van der Waals surface area contributed by atoms with Gasteiger partial charge in [-0.05, 0) is 26.2 Å². The van der Waals surface area contributed by atoms with Crippen LogP contribution in [0.2, 0.25) is 0 Å². The van der Waals surface area contributed by atoms with E-state index in [9.17, 15) is 13.2 Å². The first-order valence-corrected chi connectivity index (χ1v) is 7.93. The molecule has 1 aliphatic heterocycles. The Labute approximate surface area is 103 Å². The fraction of sp³-hybridized carbons (Fsp3) is 0.909. The molecule has 0 spiro atoms. The number of hydrogen-bond donors (Lipinski definition) is 1. The van der Waals surface area contributed by atoms with Crippen LogP contribution in [0.3, 0.4) is 0 Å². The molecule has 0 saturated carbocycles. The molecule has 0 aromatic carbocycles. The monoisotopic (exact) mass is 263 g/mol. The molecule has 0 aliphatic carbocycles. The third-order valence-electron chi connectivity index (χ3n) is 2.88. The van der Waals surface area contributed by atoms with Gasteiger partial charge in [-0.3, -0.25) is 4.79 Å². The molecule has 0 radical (unpaired) electrons. The van der Waals surface area contributed by atoms with Gasteiger partial charge in [0.25, 0.3) is 0 Å². The molecule has 1 aliphatic rings. The second-order valence-electron chi connectivity index (χ2n) is 4.33. The summed E-state index contributed by atoms with van der Waals surface area (Å²) < 4.78 is 27.9. The Morgan fingerprint density at radius 3 is 2.71 bits per heavy atom. The maximum atomic E-state index is 11.6. The maximum absolute atomic E-state index is 11.6. The molecule has 5 nitrogen and oxygen atoms in total. The highest BCUT2D eigenvalue weighted by atomic mass is 32.2. The summed E-state index contributed by atoms with van der Waals surface area (Å²) in [7, 11) is -2.94. The van der Waals surface area contributed by atoms with Gasteiger partial charge >= 0.3 is 5.97 Å². The summed E-state index contributed by atoms with van der Waals surface area (Å²) in [4.78, 5) is 11.6. The average molecular weight is 263 g/mol. The SMILES string of the molecule is CCOC(=O)C(CC)NC1CCCS(=O)(=O)C1. The first-order valence-electron chi connectivity index (χ1n) is 6.11. The van der Waals surface area contributed by atoms with Gasteiger partial charge in [-0.25, -0.2) is 8.42 Å². The third-order valence-corrected chi connectivity index (χ3v) is 4.70. The Bertz CT molecular complexity index is 352. The topological polar surface area (TPSA) is 72.5 Å². The van der Waals surface area contributed by atoms with Gasteiger partial charge in [0.1, 0.15) is 6.04 Å². The van der Waals surface area contributed by atoms with Crippen molar-refractivity contribution in [3.05, 3.63) is 0 Å². The first kappa shape index (κ1) is 14.4. The predicted molar refractivity (Wildman–Crippen MR) is 65.5 cm³/mol. The number of hydrogen-bond acceptors (Lipinski definition) is 5. The van der Waals surface area contributed by atoms with Gasteiger partial charge in [0.2, 0.25) is 0 Å². The van der Waals surface area contributed by atoms with E-state index >= 15 is 0 Å². The predicted octanol–water partition coefficient (Wildman–Crippen LogP) is 0.495. The molecule has 0 bridgehead atoms. The standard InChI is InChI=1S/C11H21NO4S/c1-3-10(11(13)16-4-2)12-9-6-5-7-17(14,15)8-9/h9-10,12H,3-8H2,1-2H3. The Morgan fingerprint density at radius 2 is 2.18 bits per heavy atom. The van der Waals surface area contributed by atoms with Crippen LogP contribution in [0.5, 0.6) is 0 Å². The van der Waals surface area contributed by atoms with E-state index in [2.05, 4.69) is 5.32 Å². The van der Waals surface area contributed by atoms with Crippen molar-refractivity contribution in [2.24, 2.45) is 0 Å². The van der Waals surface area contributed by atoms with E-state index in [0.717, 1.165) is 6.42 Å². The summed E-state index contributed by atoms with van der Waals surface area (Å²) >= 11 is 0. The van der Waals surface area contributed by atoms with E-state index in [1.54, 1.807) is 6.92 Å². The van der Waals surface area contributed by atoms with Gasteiger partial charge in [-0.15, -0.1) is 0 Å². The summed E-state index contributed by atoms with van der Waals surface area (Å²) in [5, 5.41) is 3.09. The molecule has 6 heteroatoms. The lowest BCUT2D eigenvalue weighted by molar-refractivity contribution is -0.146. The highest BCUT2D eigenvalue weighted by Crippen LogP contribution is 2.13. The number of ether oxygens (including phenoxy) is 1. The molecule has 1 fully saturated rings. The van der Waals surface area contributed by atoms with E-state index in [1.807, 2.05) is 6.92 Å². The van der Waals surface area contributed by atoms with Crippen LogP contribution in [-0.4, -0.2) is 44.6 Å². The van der Waals surface area contributed by atoms with Crippen LogP contribution in [0, 0.1) is 0 Å². The number of rotatable bonds is 5. The molecular weight excluding hydrogens is 242 g/mol. The fourth-order valence-electron chi connectivity index (χ4n) is 2.03. The summed E-state index contributed by atoms with van der Waals surface area (Å²) in [5.41, 5.74) is 0. The Morgan fingerprint density at radius 1 is 1.47 bits per heavy atom. The van der Waals surface area contributed by atoms with Gasteiger partial charge in [0, 0.05) is 6.04 Å². The van der Waals surface area contributed by atoms with Gasteiger partial charge in [-0.2, -0.15) is 0 Å². The van der Waals surface area contributed by atoms with Gasteiger partial charge in [0.15, 0.2) is 9.84 Å². The number of nitrogens with one attached hydrogen (secondary N) is 1. The van der Waals surface area contributed by atoms with Gasteiger partial charge in [0.05, 0.1) is 18.1 Å². The van der Waals surface area contributed by atoms with Gasteiger partial charge in [-0.1, -0.05) is 6.92 Å². The zero-order valence-electron chi connectivity index (χ0n) is 10.4. The molecule has 0 aromatic heterocycles. The first-order chi connectivity index (χ1) is 7.98. The van der Waals surface area contributed by atoms with Crippen LogP contribution in [0.15, 0.2) is 0 Å². The van der Waals surface area contributed by atoms with Crippen LogP contribution in [0.1, 0.15) is 33.1 Å². The number of carbonyl (C=O) groups is 1. The van der Waals surface area contributed by atoms with Crippen LogP contribution < -0.4 is 5.32 Å². The molecule has 1 rings (SSSR count). The number of carbonyl (C=O) groups excluding carboxylic acids is 1. The van der Waals surface area contributed by atoms with Crippen molar-refractivity contribution in [2.45, 2.75) is 45.2 Å². The fourth-order valence-corrected chi connectivity index (χ4v) is 3.68. The highest BCUT2D eigenvalue weighted by Gasteiger charge is 2.28. The number of sulfone groups is 1. The minimum Gasteiger partial charge on any atom is -0.465 e. The minimum atomic E-state index is -2.94. The van der Waals surface area contributed by atoms with E-state index in [4.69, 9.17) is 4.74 Å². The Balaban J connectivity index is 2.53. The van der Waals surface area contributed by atoms with E-state index < -0.39 is 15.9 Å². The highest BCUT2D eigenvalue weighted by molar-refractivity contribution is 7.91. The van der Waals surface area contributed by atoms with Crippen LogP contribution in [0.4, 0.5) is 0 Å². The van der Waals surface area contributed by atoms with Crippen molar-refractivity contribution < 1.29 is 17.9 Å². The van der Waals surface area contributed by atoms with Crippen molar-refractivity contribution in [1.29, 1.82) is 0 Å². The molecule has 1 saturated heterocycles. The van der Waals surface area contributed by atoms with Crippen LogP contribution in [0.25, 0.3) is 0 Å². The minimum absolute atomic E-state index is 0.122. The van der Waals surface area contributed by atoms with Crippen molar-refractivity contribution in [2.75, 3.05) is 18.1 Å². The zero-order chi connectivity index (χ0) is 12.9. The lowest BCUT2D eigenvalue weighted by atomic mass is 10.1. The summed E-state index contributed by atoms with van der Waals surface area (Å²) in [6.07, 6.45) is 2.07. The van der Waals surface area contributed by atoms with E-state index in [0.29, 0.717) is 19.4 Å². The molecule has 1 N–H and O–H groups in total. The molecule has 100 valence electrons. The Hall–Kier alpha value is -0.620. The molecule has 2 atom stereocenters. The molecule has 1 heterocycles. The largest absolute Gasteiger partial charge is 0.465 e. The number of esters is 1. The van der Waals surface area contributed by atoms with Crippen molar-refractivity contribution in [3.63, 3.8) is 0 Å². The normalized spacial score (nSPS) is 25.2. The zero-order valence-corrected chi connectivity index (χ0v) is 11.3. The van der Waals surface area contributed by atoms with Crippen molar-refractivity contribution in [1.82, 2.24) is 5.32 Å². The third kappa shape index (κ3) is 4.63. The summed E-state index contributed by atoms with van der Waals surface area (Å²) in [6, 6.07) is -0.517. The van der Waals surface area contributed by atoms with Crippen LogP contribution in [-0.2, 0) is 19.4 Å². The second kappa shape index (κ2) is 6.35. The molecular formula is C11H21NO4S. The molecule has 17 heavy (non-hydrogen) atoms. The summed E-state index contributed by atoms with van der Waals surface area (Å²) in [5.74, 6) is 0.0996. The lowest BCUT2D eigenvalue weighted by Gasteiger charge is -2.26. The molecule has 0 amide bonds. The van der Waals surface area contributed by atoms with Crippen molar-refractivity contribution in [3.8, 4) is 0 Å². The Kier molecular flexibility index (Phi) is 5.39. The lowest BCUT2D eigenvalue weighted by Crippen LogP contribution is -2.48.